The van der Waals surface area contributed by atoms with Crippen LogP contribution in [-0.2, 0) is 0 Å². The van der Waals surface area contributed by atoms with Gasteiger partial charge in [-0.3, -0.25) is 0 Å². The normalized spacial score (nSPS) is 12.5. The molecule has 0 aromatic heterocycles. The summed E-state index contributed by atoms with van der Waals surface area (Å²) in [4.78, 5) is 10.8. The molecule has 0 aliphatic rings. The first-order chi connectivity index (χ1) is 7.90. The smallest absolute Gasteiger partial charge is 0.337 e. The Morgan fingerprint density at radius 3 is 2.53 bits per heavy atom. The molecule has 0 spiro atoms. The molecule has 1 aromatic carbocycles. The molecular formula is C13H18ClNO2. The van der Waals surface area contributed by atoms with E-state index in [0.29, 0.717) is 12.0 Å². The predicted molar refractivity (Wildman–Crippen MR) is 71.0 cm³/mol. The second-order valence-electron chi connectivity index (χ2n) is 4.67. The van der Waals surface area contributed by atoms with E-state index in [1.165, 1.54) is 6.07 Å². The third-order valence-corrected chi connectivity index (χ3v) is 2.75. The number of carbonyl (C=O) groups is 1. The van der Waals surface area contributed by atoms with Crippen LogP contribution in [0.25, 0.3) is 0 Å². The fourth-order valence-corrected chi connectivity index (χ4v) is 2.09. The highest BCUT2D eigenvalue weighted by molar-refractivity contribution is 6.33. The van der Waals surface area contributed by atoms with E-state index in [9.17, 15) is 4.79 Å². The molecule has 0 bridgehead atoms. The van der Waals surface area contributed by atoms with Crippen LogP contribution in [0, 0.1) is 5.92 Å². The first kappa shape index (κ1) is 13.8. The number of anilines is 1. The quantitative estimate of drug-likeness (QED) is 0.839. The molecule has 0 fully saturated rings. The Kier molecular flexibility index (Phi) is 4.82. The van der Waals surface area contributed by atoms with Gasteiger partial charge in [-0.25, -0.2) is 4.79 Å². The van der Waals surface area contributed by atoms with E-state index in [2.05, 4.69) is 26.1 Å². The lowest BCUT2D eigenvalue weighted by atomic mass is 10.0. The Morgan fingerprint density at radius 2 is 2.06 bits per heavy atom. The van der Waals surface area contributed by atoms with E-state index in [1.54, 1.807) is 12.1 Å². The summed E-state index contributed by atoms with van der Waals surface area (Å²) in [5.41, 5.74) is 0.988. The molecule has 1 unspecified atom stereocenters. The van der Waals surface area contributed by atoms with E-state index in [0.717, 1.165) is 12.1 Å². The topological polar surface area (TPSA) is 49.3 Å². The highest BCUT2D eigenvalue weighted by atomic mass is 35.5. The Hall–Kier alpha value is -1.22. The molecule has 1 aromatic rings. The summed E-state index contributed by atoms with van der Waals surface area (Å²) in [7, 11) is 0. The first-order valence-electron chi connectivity index (χ1n) is 5.69. The van der Waals surface area contributed by atoms with Gasteiger partial charge in [0, 0.05) is 11.7 Å². The van der Waals surface area contributed by atoms with Gasteiger partial charge in [0.25, 0.3) is 0 Å². The summed E-state index contributed by atoms with van der Waals surface area (Å²) in [5, 5.41) is 12.4. The minimum absolute atomic E-state index is 0.133. The average molecular weight is 256 g/mol. The van der Waals surface area contributed by atoms with Crippen molar-refractivity contribution in [3.05, 3.63) is 28.8 Å². The molecule has 17 heavy (non-hydrogen) atoms. The van der Waals surface area contributed by atoms with Crippen molar-refractivity contribution < 1.29 is 9.90 Å². The number of halogens is 1. The maximum Gasteiger partial charge on any atom is 0.337 e. The standard InChI is InChI=1S/C13H18ClNO2/c1-8(2)6-9(3)15-10-4-5-11(13(16)17)12(14)7-10/h4-5,7-9,15H,6H2,1-3H3,(H,16,17). The van der Waals surface area contributed by atoms with Crippen molar-refractivity contribution in [3.63, 3.8) is 0 Å². The van der Waals surface area contributed by atoms with Gasteiger partial charge in [-0.05, 0) is 37.5 Å². The summed E-state index contributed by atoms with van der Waals surface area (Å²) in [6.07, 6.45) is 1.05. The van der Waals surface area contributed by atoms with Gasteiger partial charge in [0.2, 0.25) is 0 Å². The van der Waals surface area contributed by atoms with E-state index >= 15 is 0 Å². The second kappa shape index (κ2) is 5.92. The van der Waals surface area contributed by atoms with Crippen molar-refractivity contribution in [1.82, 2.24) is 0 Å². The molecule has 0 heterocycles. The van der Waals surface area contributed by atoms with Gasteiger partial charge in [-0.1, -0.05) is 25.4 Å². The average Bonchev–Trinajstić information content (AvgIpc) is 2.15. The molecule has 1 rings (SSSR count). The van der Waals surface area contributed by atoms with Crippen LogP contribution in [-0.4, -0.2) is 17.1 Å². The first-order valence-corrected chi connectivity index (χ1v) is 6.07. The van der Waals surface area contributed by atoms with Crippen LogP contribution < -0.4 is 5.32 Å². The molecule has 0 saturated heterocycles. The summed E-state index contributed by atoms with van der Waals surface area (Å²) in [6, 6.07) is 5.25. The van der Waals surface area contributed by atoms with E-state index in [1.807, 2.05) is 0 Å². The van der Waals surface area contributed by atoms with Crippen molar-refractivity contribution in [2.75, 3.05) is 5.32 Å². The molecule has 94 valence electrons. The summed E-state index contributed by atoms with van der Waals surface area (Å²) in [6.45, 7) is 6.43. The fraction of sp³-hybridized carbons (Fsp3) is 0.462. The van der Waals surface area contributed by atoms with Gasteiger partial charge in [0.05, 0.1) is 10.6 Å². The van der Waals surface area contributed by atoms with Crippen LogP contribution >= 0.6 is 11.6 Å². The summed E-state index contributed by atoms with van der Waals surface area (Å²) in [5.74, 6) is -0.386. The van der Waals surface area contributed by atoms with Crippen LogP contribution in [0.4, 0.5) is 5.69 Å². The number of rotatable bonds is 5. The van der Waals surface area contributed by atoms with Crippen LogP contribution in [0.5, 0.6) is 0 Å². The minimum Gasteiger partial charge on any atom is -0.478 e. The van der Waals surface area contributed by atoms with Crippen LogP contribution in [0.15, 0.2) is 18.2 Å². The Labute approximate surface area is 107 Å². The number of hydrogen-bond acceptors (Lipinski definition) is 2. The number of carboxylic acid groups (broad SMARTS) is 1. The number of benzene rings is 1. The molecular weight excluding hydrogens is 238 g/mol. The maximum absolute atomic E-state index is 10.8. The molecule has 3 nitrogen and oxygen atoms in total. The molecule has 2 N–H and O–H groups in total. The molecule has 0 amide bonds. The number of aromatic carboxylic acids is 1. The zero-order valence-electron chi connectivity index (χ0n) is 10.3. The lowest BCUT2D eigenvalue weighted by molar-refractivity contribution is 0.0697. The molecule has 0 aliphatic heterocycles. The highest BCUT2D eigenvalue weighted by Crippen LogP contribution is 2.22. The third-order valence-electron chi connectivity index (χ3n) is 2.44. The second-order valence-corrected chi connectivity index (χ2v) is 5.08. The van der Waals surface area contributed by atoms with Gasteiger partial charge >= 0.3 is 5.97 Å². The van der Waals surface area contributed by atoms with Crippen molar-refractivity contribution in [3.8, 4) is 0 Å². The van der Waals surface area contributed by atoms with Gasteiger partial charge in [0.15, 0.2) is 0 Å². The zero-order chi connectivity index (χ0) is 13.0. The lowest BCUT2D eigenvalue weighted by Gasteiger charge is -2.17. The number of nitrogens with one attached hydrogen (secondary N) is 1. The van der Waals surface area contributed by atoms with Gasteiger partial charge in [0.1, 0.15) is 0 Å². The fourth-order valence-electron chi connectivity index (χ4n) is 1.83. The van der Waals surface area contributed by atoms with Crippen LogP contribution in [0.2, 0.25) is 5.02 Å². The van der Waals surface area contributed by atoms with E-state index < -0.39 is 5.97 Å². The number of hydrogen-bond donors (Lipinski definition) is 2. The van der Waals surface area contributed by atoms with Crippen molar-refractivity contribution >= 4 is 23.3 Å². The molecule has 0 aliphatic carbocycles. The summed E-state index contributed by atoms with van der Waals surface area (Å²) >= 11 is 5.89. The summed E-state index contributed by atoms with van der Waals surface area (Å²) < 4.78 is 0. The van der Waals surface area contributed by atoms with Crippen molar-refractivity contribution in [2.24, 2.45) is 5.92 Å². The molecule has 1 atom stereocenters. The molecule has 0 saturated carbocycles. The highest BCUT2D eigenvalue weighted by Gasteiger charge is 2.10. The van der Waals surface area contributed by atoms with Gasteiger partial charge in [-0.2, -0.15) is 0 Å². The monoisotopic (exact) mass is 255 g/mol. The third kappa shape index (κ3) is 4.27. The van der Waals surface area contributed by atoms with Crippen LogP contribution in [0.3, 0.4) is 0 Å². The largest absolute Gasteiger partial charge is 0.478 e. The Bertz CT molecular complexity index is 404. The van der Waals surface area contributed by atoms with Crippen LogP contribution in [0.1, 0.15) is 37.6 Å². The minimum atomic E-state index is -1.00. The van der Waals surface area contributed by atoms with E-state index in [-0.39, 0.29) is 10.6 Å². The lowest BCUT2D eigenvalue weighted by Crippen LogP contribution is -2.17. The number of carboxylic acids is 1. The SMILES string of the molecule is CC(C)CC(C)Nc1ccc(C(=O)O)c(Cl)c1. The van der Waals surface area contributed by atoms with Crippen molar-refractivity contribution in [2.45, 2.75) is 33.2 Å². The zero-order valence-corrected chi connectivity index (χ0v) is 11.1. The molecule has 4 heteroatoms. The van der Waals surface area contributed by atoms with Gasteiger partial charge in [-0.15, -0.1) is 0 Å². The predicted octanol–water partition coefficient (Wildman–Crippen LogP) is 3.88. The van der Waals surface area contributed by atoms with Gasteiger partial charge < -0.3 is 10.4 Å². The van der Waals surface area contributed by atoms with E-state index in [4.69, 9.17) is 16.7 Å². The molecule has 0 radical (unpaired) electrons. The van der Waals surface area contributed by atoms with Crippen molar-refractivity contribution in [1.29, 1.82) is 0 Å². The Balaban J connectivity index is 2.74. The Morgan fingerprint density at radius 1 is 1.41 bits per heavy atom. The maximum atomic E-state index is 10.8.